The Kier molecular flexibility index (Phi) is 7.12. The van der Waals surface area contributed by atoms with Crippen LogP contribution >= 0.6 is 11.8 Å². The van der Waals surface area contributed by atoms with Crippen LogP contribution < -0.4 is 10.1 Å². The molecule has 6 nitrogen and oxygen atoms in total. The van der Waals surface area contributed by atoms with Crippen LogP contribution in [0.25, 0.3) is 5.69 Å². The van der Waals surface area contributed by atoms with Crippen molar-refractivity contribution >= 4 is 23.4 Å². The van der Waals surface area contributed by atoms with Crippen LogP contribution in [-0.2, 0) is 11.0 Å². The third-order valence-corrected chi connectivity index (χ3v) is 5.54. The van der Waals surface area contributed by atoms with Gasteiger partial charge in [0.1, 0.15) is 11.6 Å². The minimum atomic E-state index is -4.53. The van der Waals surface area contributed by atoms with Gasteiger partial charge in [0, 0.05) is 0 Å². The predicted molar refractivity (Wildman–Crippen MR) is 118 cm³/mol. The number of benzene rings is 2. The fourth-order valence-electron chi connectivity index (χ4n) is 3.08. The smallest absolute Gasteiger partial charge is 0.416 e. The van der Waals surface area contributed by atoms with Crippen molar-refractivity contribution in [2.45, 2.75) is 39.0 Å². The Labute approximate surface area is 188 Å². The number of aryl methyl sites for hydroxylation is 3. The fraction of sp³-hybridized carbons (Fsp3) is 0.318. The average molecular weight is 465 g/mol. The summed E-state index contributed by atoms with van der Waals surface area (Å²) < 4.78 is 46.5. The Morgan fingerprint density at radius 2 is 1.88 bits per heavy atom. The minimum Gasteiger partial charge on any atom is -0.492 e. The molecule has 0 unspecified atom stereocenters. The number of hydrogen-bond donors (Lipinski definition) is 1. The molecule has 2 aromatic carbocycles. The first-order chi connectivity index (χ1) is 15.1. The maximum atomic E-state index is 13.1. The highest BCUT2D eigenvalue weighted by atomic mass is 32.2. The number of thioether (sulfide) groups is 1. The number of rotatable bonds is 7. The number of aromatic nitrogens is 3. The molecular formula is C22H23F3N4O2S. The summed E-state index contributed by atoms with van der Waals surface area (Å²) in [5.41, 5.74) is 2.11. The summed E-state index contributed by atoms with van der Waals surface area (Å²) in [5, 5.41) is 11.3. The van der Waals surface area contributed by atoms with Crippen LogP contribution in [0.4, 0.5) is 18.9 Å². The second kappa shape index (κ2) is 9.64. The number of carbonyl (C=O) groups excluding carboxylic acids is 1. The molecule has 0 saturated heterocycles. The molecular weight excluding hydrogens is 441 g/mol. The third-order valence-electron chi connectivity index (χ3n) is 4.61. The summed E-state index contributed by atoms with van der Waals surface area (Å²) in [7, 11) is 0. The summed E-state index contributed by atoms with van der Waals surface area (Å²) in [6, 6.07) is 9.00. The topological polar surface area (TPSA) is 69.0 Å². The molecule has 0 spiro atoms. The van der Waals surface area contributed by atoms with Gasteiger partial charge < -0.3 is 10.1 Å². The van der Waals surface area contributed by atoms with Crippen LogP contribution in [-0.4, -0.2) is 33.0 Å². The molecule has 1 N–H and O–H groups in total. The maximum Gasteiger partial charge on any atom is 0.416 e. The van der Waals surface area contributed by atoms with Crippen molar-refractivity contribution in [3.63, 3.8) is 0 Å². The number of carbonyl (C=O) groups is 1. The van der Waals surface area contributed by atoms with Gasteiger partial charge in [-0.15, -0.1) is 10.2 Å². The number of hydrogen-bond acceptors (Lipinski definition) is 5. The molecule has 0 bridgehead atoms. The fourth-order valence-corrected chi connectivity index (χ4v) is 3.87. The zero-order chi connectivity index (χ0) is 23.5. The van der Waals surface area contributed by atoms with Crippen LogP contribution in [0, 0.1) is 20.8 Å². The van der Waals surface area contributed by atoms with Gasteiger partial charge in [-0.3, -0.25) is 9.36 Å². The number of amides is 1. The van der Waals surface area contributed by atoms with E-state index in [2.05, 4.69) is 15.5 Å². The Hall–Kier alpha value is -3.01. The molecule has 1 heterocycles. The van der Waals surface area contributed by atoms with E-state index in [4.69, 9.17) is 4.74 Å². The normalized spacial score (nSPS) is 11.5. The lowest BCUT2D eigenvalue weighted by atomic mass is 10.1. The van der Waals surface area contributed by atoms with Crippen molar-refractivity contribution in [2.75, 3.05) is 17.7 Å². The van der Waals surface area contributed by atoms with E-state index in [9.17, 15) is 18.0 Å². The van der Waals surface area contributed by atoms with Gasteiger partial charge in [-0.1, -0.05) is 23.9 Å². The molecule has 0 fully saturated rings. The lowest BCUT2D eigenvalue weighted by molar-refractivity contribution is -0.137. The number of anilines is 1. The number of nitrogens with one attached hydrogen (secondary N) is 1. The van der Waals surface area contributed by atoms with E-state index in [0.29, 0.717) is 11.0 Å². The molecule has 32 heavy (non-hydrogen) atoms. The minimum absolute atomic E-state index is 0.0283. The van der Waals surface area contributed by atoms with E-state index in [1.165, 1.54) is 6.07 Å². The van der Waals surface area contributed by atoms with Crippen LogP contribution in [0.1, 0.15) is 29.4 Å². The van der Waals surface area contributed by atoms with Gasteiger partial charge in [0.2, 0.25) is 5.91 Å². The SMILES string of the molecule is CCOc1ccc(C(F)(F)F)cc1NC(=O)CSc1nnc(C)n1-c1cc(C)ccc1C. The average Bonchev–Trinajstić information content (AvgIpc) is 3.09. The highest BCUT2D eigenvalue weighted by molar-refractivity contribution is 7.99. The van der Waals surface area contributed by atoms with E-state index in [0.717, 1.165) is 40.7 Å². The van der Waals surface area contributed by atoms with Gasteiger partial charge in [-0.2, -0.15) is 13.2 Å². The first-order valence-electron chi connectivity index (χ1n) is 9.86. The molecule has 3 rings (SSSR count). The first kappa shape index (κ1) is 23.6. The Morgan fingerprint density at radius 3 is 2.56 bits per heavy atom. The summed E-state index contributed by atoms with van der Waals surface area (Å²) in [5.74, 6) is 0.292. The van der Waals surface area contributed by atoms with E-state index >= 15 is 0 Å². The predicted octanol–water partition coefficient (Wildman–Crippen LogP) is 5.34. The third kappa shape index (κ3) is 5.42. The van der Waals surface area contributed by atoms with Crippen molar-refractivity contribution in [2.24, 2.45) is 0 Å². The van der Waals surface area contributed by atoms with Gasteiger partial charge in [0.15, 0.2) is 5.16 Å². The molecule has 0 radical (unpaired) electrons. The molecule has 0 aliphatic rings. The van der Waals surface area contributed by atoms with Gasteiger partial charge in [-0.25, -0.2) is 0 Å². The molecule has 0 aliphatic carbocycles. The van der Waals surface area contributed by atoms with Crippen molar-refractivity contribution < 1.29 is 22.7 Å². The Bertz CT molecular complexity index is 1130. The van der Waals surface area contributed by atoms with Crippen LogP contribution in [0.15, 0.2) is 41.6 Å². The zero-order valence-corrected chi connectivity index (χ0v) is 18.9. The van der Waals surface area contributed by atoms with Crippen LogP contribution in [0.3, 0.4) is 0 Å². The van der Waals surface area contributed by atoms with Crippen LogP contribution in [0.2, 0.25) is 0 Å². The molecule has 3 aromatic rings. The monoisotopic (exact) mass is 464 g/mol. The lowest BCUT2D eigenvalue weighted by Crippen LogP contribution is -2.16. The van der Waals surface area contributed by atoms with Crippen LogP contribution in [0.5, 0.6) is 5.75 Å². The summed E-state index contributed by atoms with van der Waals surface area (Å²) >= 11 is 1.15. The molecule has 0 aliphatic heterocycles. The molecule has 0 saturated carbocycles. The van der Waals surface area contributed by atoms with Crippen molar-refractivity contribution in [1.29, 1.82) is 0 Å². The largest absolute Gasteiger partial charge is 0.492 e. The van der Waals surface area contributed by atoms with Crippen molar-refractivity contribution in [1.82, 2.24) is 14.8 Å². The summed E-state index contributed by atoms with van der Waals surface area (Å²) in [6.07, 6.45) is -4.53. The molecule has 0 atom stereocenters. The van der Waals surface area contributed by atoms with Gasteiger partial charge >= 0.3 is 6.18 Å². The highest BCUT2D eigenvalue weighted by Gasteiger charge is 2.31. The van der Waals surface area contributed by atoms with Gasteiger partial charge in [-0.05, 0) is 63.1 Å². The van der Waals surface area contributed by atoms with E-state index in [1.807, 2.05) is 43.5 Å². The van der Waals surface area contributed by atoms with Gasteiger partial charge in [0.25, 0.3) is 0 Å². The van der Waals surface area contributed by atoms with E-state index in [1.54, 1.807) is 6.92 Å². The maximum absolute atomic E-state index is 13.1. The van der Waals surface area contributed by atoms with Crippen molar-refractivity contribution in [3.05, 3.63) is 58.9 Å². The molecule has 10 heteroatoms. The number of alkyl halides is 3. The standard InChI is InChI=1S/C22H23F3N4O2S/c1-5-31-19-9-8-16(22(23,24)25)11-17(19)26-20(30)12-32-21-28-27-15(4)29(21)18-10-13(2)6-7-14(18)3/h6-11H,5,12H2,1-4H3,(H,26,30). The molecule has 1 amide bonds. The lowest BCUT2D eigenvalue weighted by Gasteiger charge is -2.15. The second-order valence-electron chi connectivity index (χ2n) is 7.13. The summed E-state index contributed by atoms with van der Waals surface area (Å²) in [6.45, 7) is 7.73. The van der Waals surface area contributed by atoms with Gasteiger partial charge in [0.05, 0.1) is 29.3 Å². The zero-order valence-electron chi connectivity index (χ0n) is 18.1. The first-order valence-corrected chi connectivity index (χ1v) is 10.8. The van der Waals surface area contributed by atoms with E-state index in [-0.39, 0.29) is 23.8 Å². The number of halogens is 3. The quantitative estimate of drug-likeness (QED) is 0.478. The number of nitrogens with zero attached hydrogens (tertiary/aromatic N) is 3. The molecule has 170 valence electrons. The van der Waals surface area contributed by atoms with E-state index < -0.39 is 17.6 Å². The Morgan fingerprint density at radius 1 is 1.12 bits per heavy atom. The Balaban J connectivity index is 1.79. The second-order valence-corrected chi connectivity index (χ2v) is 8.08. The highest BCUT2D eigenvalue weighted by Crippen LogP contribution is 2.35. The van der Waals surface area contributed by atoms with Crippen molar-refractivity contribution in [3.8, 4) is 11.4 Å². The number of ether oxygens (including phenoxy) is 1. The summed E-state index contributed by atoms with van der Waals surface area (Å²) in [4.78, 5) is 12.6. The molecule has 1 aromatic heterocycles.